The quantitative estimate of drug-likeness (QED) is 0.496. The lowest BCUT2D eigenvalue weighted by Gasteiger charge is -2.36. The molecule has 1 aliphatic heterocycles. The van der Waals surface area contributed by atoms with Crippen molar-refractivity contribution >= 4 is 27.6 Å². The molecule has 1 aliphatic rings. The fourth-order valence-electron chi connectivity index (χ4n) is 4.41. The van der Waals surface area contributed by atoms with Gasteiger partial charge in [-0.15, -0.1) is 0 Å². The Morgan fingerprint density at radius 3 is 2.46 bits per heavy atom. The van der Waals surface area contributed by atoms with Crippen molar-refractivity contribution < 1.29 is 26.4 Å². The van der Waals surface area contributed by atoms with Crippen LogP contribution in [0, 0.1) is 5.92 Å². The average Bonchev–Trinajstić information content (AvgIpc) is 3.10. The number of benzene rings is 1. The van der Waals surface area contributed by atoms with Gasteiger partial charge in [-0.05, 0) is 56.5 Å². The number of halogens is 3. The van der Waals surface area contributed by atoms with E-state index < -0.39 is 33.2 Å². The summed E-state index contributed by atoms with van der Waals surface area (Å²) in [5.74, 6) is -1.00. The molecule has 2 aromatic heterocycles. The standard InChI is InChI=1S/C25H26F3N5O3S/c1-15-12-14-33(24(15,2)3)22-17(23(34)32-37(35,36)20-9-6-13-30-21(20)29)10-11-19(31-22)16-7-4-5-8-18(16)25(26,27)28/h4-11,13,15H,12,14H2,1-3H3,(H2,29,30)(H,32,34). The monoisotopic (exact) mass is 533 g/mol. The Balaban J connectivity index is 1.84. The Labute approximate surface area is 212 Å². The Hall–Kier alpha value is -3.67. The van der Waals surface area contributed by atoms with Crippen LogP contribution < -0.4 is 15.4 Å². The van der Waals surface area contributed by atoms with Crippen molar-refractivity contribution in [1.82, 2.24) is 14.7 Å². The van der Waals surface area contributed by atoms with Gasteiger partial charge < -0.3 is 10.6 Å². The summed E-state index contributed by atoms with van der Waals surface area (Å²) in [7, 11) is -4.39. The molecule has 37 heavy (non-hydrogen) atoms. The zero-order valence-corrected chi connectivity index (χ0v) is 21.2. The third-order valence-corrected chi connectivity index (χ3v) is 8.27. The second-order valence-corrected chi connectivity index (χ2v) is 11.1. The summed E-state index contributed by atoms with van der Waals surface area (Å²) in [6.45, 7) is 6.39. The topological polar surface area (TPSA) is 118 Å². The Kier molecular flexibility index (Phi) is 6.65. The van der Waals surface area contributed by atoms with Crippen LogP contribution in [0.1, 0.15) is 43.1 Å². The molecule has 3 aromatic rings. The fourth-order valence-corrected chi connectivity index (χ4v) is 5.46. The van der Waals surface area contributed by atoms with Crippen molar-refractivity contribution in [2.24, 2.45) is 5.92 Å². The molecule has 3 heterocycles. The lowest BCUT2D eigenvalue weighted by molar-refractivity contribution is -0.137. The van der Waals surface area contributed by atoms with Gasteiger partial charge in [0.05, 0.1) is 16.8 Å². The fraction of sp³-hybridized carbons (Fsp3) is 0.320. The van der Waals surface area contributed by atoms with E-state index in [1.165, 1.54) is 48.7 Å². The number of aromatic nitrogens is 2. The van der Waals surface area contributed by atoms with Gasteiger partial charge in [0, 0.05) is 23.8 Å². The van der Waals surface area contributed by atoms with Crippen molar-refractivity contribution in [3.8, 4) is 11.3 Å². The molecular weight excluding hydrogens is 507 g/mol. The van der Waals surface area contributed by atoms with Crippen molar-refractivity contribution in [2.45, 2.75) is 43.8 Å². The predicted molar refractivity (Wildman–Crippen MR) is 133 cm³/mol. The summed E-state index contributed by atoms with van der Waals surface area (Å²) in [5, 5.41) is 0. The van der Waals surface area contributed by atoms with Crippen LogP contribution in [0.5, 0.6) is 0 Å². The van der Waals surface area contributed by atoms with Crippen LogP contribution in [0.4, 0.5) is 24.8 Å². The number of nitrogens with zero attached hydrogens (tertiary/aromatic N) is 3. The summed E-state index contributed by atoms with van der Waals surface area (Å²) >= 11 is 0. The van der Waals surface area contributed by atoms with Crippen LogP contribution >= 0.6 is 0 Å². The normalized spacial score (nSPS) is 17.6. The summed E-state index contributed by atoms with van der Waals surface area (Å²) < 4.78 is 68.9. The third kappa shape index (κ3) is 4.97. The van der Waals surface area contributed by atoms with Crippen LogP contribution in [-0.4, -0.2) is 36.4 Å². The summed E-state index contributed by atoms with van der Waals surface area (Å²) in [5.41, 5.74) is 4.07. The molecule has 8 nitrogen and oxygen atoms in total. The lowest BCUT2D eigenvalue weighted by atomic mass is 9.90. The van der Waals surface area contributed by atoms with E-state index in [-0.39, 0.29) is 39.3 Å². The molecule has 0 aliphatic carbocycles. The summed E-state index contributed by atoms with van der Waals surface area (Å²) in [6, 6.07) is 10.2. The van der Waals surface area contributed by atoms with Crippen molar-refractivity contribution in [1.29, 1.82) is 0 Å². The second-order valence-electron chi connectivity index (χ2n) is 9.43. The maximum Gasteiger partial charge on any atom is 0.417 e. The molecule has 1 amide bonds. The highest BCUT2D eigenvalue weighted by atomic mass is 32.2. The van der Waals surface area contributed by atoms with Gasteiger partial charge in [0.25, 0.3) is 15.9 Å². The van der Waals surface area contributed by atoms with E-state index in [9.17, 15) is 26.4 Å². The Bertz CT molecular complexity index is 1460. The zero-order valence-electron chi connectivity index (χ0n) is 20.4. The van der Waals surface area contributed by atoms with Gasteiger partial charge in [0.2, 0.25) is 0 Å². The first-order chi connectivity index (χ1) is 17.2. The molecular formula is C25H26F3N5O3S. The van der Waals surface area contributed by atoms with E-state index in [0.29, 0.717) is 6.54 Å². The third-order valence-electron chi connectivity index (χ3n) is 6.89. The first-order valence-electron chi connectivity index (χ1n) is 11.5. The molecule has 0 spiro atoms. The maximum atomic E-state index is 13.7. The number of hydrogen-bond acceptors (Lipinski definition) is 7. The van der Waals surface area contributed by atoms with Gasteiger partial charge >= 0.3 is 6.18 Å². The number of carbonyl (C=O) groups is 1. The molecule has 1 saturated heterocycles. The highest BCUT2D eigenvalue weighted by molar-refractivity contribution is 7.90. The van der Waals surface area contributed by atoms with Gasteiger partial charge in [-0.3, -0.25) is 4.79 Å². The van der Waals surface area contributed by atoms with E-state index in [4.69, 9.17) is 5.73 Å². The number of alkyl halides is 3. The molecule has 4 rings (SSSR count). The number of nitrogens with two attached hydrogens (primary N) is 1. The molecule has 1 unspecified atom stereocenters. The van der Waals surface area contributed by atoms with Crippen LogP contribution in [0.2, 0.25) is 0 Å². The van der Waals surface area contributed by atoms with E-state index in [1.54, 1.807) is 0 Å². The summed E-state index contributed by atoms with van der Waals surface area (Å²) in [4.78, 5) is 23.0. The van der Waals surface area contributed by atoms with E-state index in [2.05, 4.69) is 9.97 Å². The first kappa shape index (κ1) is 26.4. The Morgan fingerprint density at radius 1 is 1.14 bits per heavy atom. The highest BCUT2D eigenvalue weighted by Gasteiger charge is 2.41. The number of sulfonamides is 1. The average molecular weight is 534 g/mol. The van der Waals surface area contributed by atoms with Crippen LogP contribution in [0.25, 0.3) is 11.3 Å². The largest absolute Gasteiger partial charge is 0.417 e. The number of pyridine rings is 2. The number of rotatable bonds is 5. The number of nitrogens with one attached hydrogen (secondary N) is 1. The summed E-state index contributed by atoms with van der Waals surface area (Å²) in [6.07, 6.45) is -2.55. The molecule has 0 bridgehead atoms. The van der Waals surface area contributed by atoms with Crippen molar-refractivity contribution in [2.75, 3.05) is 17.2 Å². The smallest absolute Gasteiger partial charge is 0.383 e. The minimum absolute atomic E-state index is 0.00851. The van der Waals surface area contributed by atoms with Crippen molar-refractivity contribution in [3.63, 3.8) is 0 Å². The van der Waals surface area contributed by atoms with Crippen LogP contribution in [-0.2, 0) is 16.2 Å². The number of carbonyl (C=O) groups excluding carboxylic acids is 1. The molecule has 1 fully saturated rings. The lowest BCUT2D eigenvalue weighted by Crippen LogP contribution is -2.43. The number of anilines is 2. The minimum Gasteiger partial charge on any atom is -0.383 e. The van der Waals surface area contributed by atoms with Gasteiger partial charge in [0.1, 0.15) is 16.5 Å². The number of amides is 1. The van der Waals surface area contributed by atoms with Crippen LogP contribution in [0.15, 0.2) is 59.6 Å². The van der Waals surface area contributed by atoms with Gasteiger partial charge in [-0.25, -0.2) is 23.1 Å². The molecule has 12 heteroatoms. The SMILES string of the molecule is CC1CCN(c2nc(-c3ccccc3C(F)(F)F)ccc2C(=O)NS(=O)(=O)c2cccnc2N)C1(C)C. The first-order valence-corrected chi connectivity index (χ1v) is 12.9. The molecule has 196 valence electrons. The molecule has 3 N–H and O–H groups in total. The van der Waals surface area contributed by atoms with Crippen molar-refractivity contribution in [3.05, 3.63) is 65.9 Å². The second kappa shape index (κ2) is 9.33. The molecule has 1 atom stereocenters. The zero-order chi connectivity index (χ0) is 27.2. The van der Waals surface area contributed by atoms with Crippen LogP contribution in [0.3, 0.4) is 0 Å². The van der Waals surface area contributed by atoms with E-state index in [1.807, 2.05) is 30.4 Å². The molecule has 0 saturated carbocycles. The van der Waals surface area contributed by atoms with Gasteiger partial charge in [0.15, 0.2) is 0 Å². The Morgan fingerprint density at radius 2 is 1.84 bits per heavy atom. The maximum absolute atomic E-state index is 13.7. The highest BCUT2D eigenvalue weighted by Crippen LogP contribution is 2.41. The van der Waals surface area contributed by atoms with Gasteiger partial charge in [-0.2, -0.15) is 13.2 Å². The molecule has 1 aromatic carbocycles. The van der Waals surface area contributed by atoms with E-state index >= 15 is 0 Å². The minimum atomic E-state index is -4.62. The van der Waals surface area contributed by atoms with E-state index in [0.717, 1.165) is 12.5 Å². The predicted octanol–water partition coefficient (Wildman–Crippen LogP) is 4.49. The number of nitrogen functional groups attached to an aromatic ring is 1. The molecule has 0 radical (unpaired) electrons. The number of hydrogen-bond donors (Lipinski definition) is 2. The van der Waals surface area contributed by atoms with Gasteiger partial charge in [-0.1, -0.05) is 25.1 Å².